The highest BCUT2D eigenvalue weighted by molar-refractivity contribution is 6.08. The summed E-state index contributed by atoms with van der Waals surface area (Å²) in [7, 11) is 0. The van der Waals surface area contributed by atoms with E-state index in [1.807, 2.05) is 32.6 Å². The van der Waals surface area contributed by atoms with Crippen LogP contribution < -0.4 is 4.90 Å². The van der Waals surface area contributed by atoms with E-state index in [0.29, 0.717) is 35.7 Å². The molecular weight excluding hydrogens is 566 g/mol. The molecule has 1 aromatic heterocycles. The number of pyridine rings is 1. The van der Waals surface area contributed by atoms with E-state index in [9.17, 15) is 19.1 Å². The zero-order valence-electron chi connectivity index (χ0n) is 25.1. The second-order valence-electron chi connectivity index (χ2n) is 11.4. The number of piperazine rings is 1. The van der Waals surface area contributed by atoms with Crippen molar-refractivity contribution < 1.29 is 28.2 Å². The summed E-state index contributed by atoms with van der Waals surface area (Å²) in [5.41, 5.74) is 1.93. The van der Waals surface area contributed by atoms with E-state index < -0.39 is 34.4 Å². The number of hydrogen-bond acceptors (Lipinski definition) is 6. The highest BCUT2D eigenvalue weighted by Gasteiger charge is 2.45. The number of allylic oxidation sites excluding steroid dienone is 3. The Bertz CT molecular complexity index is 1670. The molecule has 2 aromatic rings. The van der Waals surface area contributed by atoms with Crippen LogP contribution in [-0.4, -0.2) is 70.0 Å². The van der Waals surface area contributed by atoms with Crippen molar-refractivity contribution in [2.45, 2.75) is 45.7 Å². The van der Waals surface area contributed by atoms with Gasteiger partial charge in [0, 0.05) is 30.9 Å². The van der Waals surface area contributed by atoms with E-state index >= 15 is 4.39 Å². The number of benzene rings is 1. The third-order valence-electron chi connectivity index (χ3n) is 8.19. The predicted molar refractivity (Wildman–Crippen MR) is 163 cm³/mol. The maximum Gasteiger partial charge on any atom is 0.295 e. The van der Waals surface area contributed by atoms with Gasteiger partial charge in [-0.05, 0) is 55.7 Å². The molecule has 228 valence electrons. The molecule has 44 heavy (non-hydrogen) atoms. The molecule has 4 heterocycles. The fourth-order valence-electron chi connectivity index (χ4n) is 6.08. The Labute approximate surface area is 255 Å². The minimum Gasteiger partial charge on any atom is -0.507 e. The maximum atomic E-state index is 16.2. The molecular formula is C34H34F2N4O4. The van der Waals surface area contributed by atoms with Crippen molar-refractivity contribution in [1.29, 1.82) is 0 Å². The fraction of sp³-hybridized carbons (Fsp3) is 0.324. The van der Waals surface area contributed by atoms with Gasteiger partial charge in [-0.2, -0.15) is 0 Å². The number of amides is 2. The number of rotatable bonds is 5. The van der Waals surface area contributed by atoms with Crippen LogP contribution in [0.2, 0.25) is 0 Å². The van der Waals surface area contributed by atoms with Crippen LogP contribution in [0, 0.1) is 25.1 Å². The summed E-state index contributed by atoms with van der Waals surface area (Å²) in [6.45, 7) is 12.0. The van der Waals surface area contributed by atoms with E-state index in [1.165, 1.54) is 29.2 Å². The van der Waals surface area contributed by atoms with Gasteiger partial charge in [-0.3, -0.25) is 19.5 Å². The lowest BCUT2D eigenvalue weighted by Gasteiger charge is -2.51. The Hall–Kier alpha value is -4.91. The smallest absolute Gasteiger partial charge is 0.295 e. The van der Waals surface area contributed by atoms with Crippen molar-refractivity contribution in [2.75, 3.05) is 31.1 Å². The van der Waals surface area contributed by atoms with Crippen molar-refractivity contribution in [3.05, 3.63) is 94.7 Å². The number of aryl methyl sites for hydroxylation is 1. The topological polar surface area (TPSA) is 86.2 Å². The second-order valence-corrected chi connectivity index (χ2v) is 11.4. The fourth-order valence-corrected chi connectivity index (χ4v) is 6.08. The number of aromatic nitrogens is 1. The number of fused-ring (bicyclic) bond motifs is 2. The van der Waals surface area contributed by atoms with Gasteiger partial charge >= 0.3 is 0 Å². The molecule has 0 unspecified atom stereocenters. The number of hydrogen-bond donors (Lipinski definition) is 1. The van der Waals surface area contributed by atoms with Gasteiger partial charge in [-0.1, -0.05) is 32.4 Å². The molecule has 0 saturated carbocycles. The Morgan fingerprint density at radius 2 is 2.05 bits per heavy atom. The first-order valence-corrected chi connectivity index (χ1v) is 14.4. The molecule has 0 aliphatic carbocycles. The number of terminal acetylenes is 1. The van der Waals surface area contributed by atoms with E-state index in [0.717, 1.165) is 11.6 Å². The summed E-state index contributed by atoms with van der Waals surface area (Å²) in [5, 5.41) is 10.4. The first-order chi connectivity index (χ1) is 21.0. The van der Waals surface area contributed by atoms with E-state index in [4.69, 9.17) is 11.2 Å². The molecule has 0 radical (unpaired) electrons. The summed E-state index contributed by atoms with van der Waals surface area (Å²) >= 11 is 0. The van der Waals surface area contributed by atoms with Crippen LogP contribution in [0.1, 0.15) is 43.5 Å². The maximum absolute atomic E-state index is 16.2. The second kappa shape index (κ2) is 12.0. The summed E-state index contributed by atoms with van der Waals surface area (Å²) in [6.07, 6.45) is 9.77. The molecule has 1 N–H and O–H groups in total. The van der Waals surface area contributed by atoms with E-state index in [-0.39, 0.29) is 42.8 Å². The Kier molecular flexibility index (Phi) is 8.33. The molecule has 1 fully saturated rings. The minimum absolute atomic E-state index is 0.0257. The summed E-state index contributed by atoms with van der Waals surface area (Å²) in [4.78, 5) is 36.4. The van der Waals surface area contributed by atoms with E-state index in [1.54, 1.807) is 17.2 Å². The van der Waals surface area contributed by atoms with Gasteiger partial charge < -0.3 is 19.6 Å². The van der Waals surface area contributed by atoms with Gasteiger partial charge in [0.05, 0.1) is 40.8 Å². The van der Waals surface area contributed by atoms with Crippen LogP contribution in [0.3, 0.4) is 0 Å². The lowest BCUT2D eigenvalue weighted by Crippen LogP contribution is -2.62. The van der Waals surface area contributed by atoms with Crippen LogP contribution in [0.25, 0.3) is 5.57 Å². The molecule has 3 aliphatic heterocycles. The monoisotopic (exact) mass is 600 g/mol. The highest BCUT2D eigenvalue weighted by Crippen LogP contribution is 2.41. The van der Waals surface area contributed by atoms with Crippen LogP contribution in [0.5, 0.6) is 5.75 Å². The number of carbonyl (C=O) groups excluding carboxylic acids is 2. The Morgan fingerprint density at radius 3 is 2.70 bits per heavy atom. The average Bonchev–Trinajstić information content (AvgIpc) is 2.99. The standard InChI is InChI=1S/C34H34F2N4O4/c1-7-24(29-25(35)10-9-11-27(29)41)26(36)14-22-16-40(31-20(5)12-13-37-30(31)19(3)4)34(43)33-32(22)39-15-21(6)38(28(42)8-2)17-23(39)18-44-33/h1,8-14,19,21,23,41H,2,15-18H2,3-6H3/b22-14+,26-24-/t21-,23-/m1/s1. The van der Waals surface area contributed by atoms with Crippen molar-refractivity contribution in [3.63, 3.8) is 0 Å². The third-order valence-corrected chi connectivity index (χ3v) is 8.19. The lowest BCUT2D eigenvalue weighted by molar-refractivity contribution is -0.134. The first kappa shape index (κ1) is 30.5. The number of ether oxygens (including phenoxy) is 1. The average molecular weight is 601 g/mol. The molecule has 2 amide bonds. The summed E-state index contributed by atoms with van der Waals surface area (Å²) < 4.78 is 37.1. The molecule has 10 heteroatoms. The molecule has 1 saturated heterocycles. The first-order valence-electron chi connectivity index (χ1n) is 14.4. The van der Waals surface area contributed by atoms with Gasteiger partial charge in [0.25, 0.3) is 5.91 Å². The highest BCUT2D eigenvalue weighted by atomic mass is 19.1. The number of nitrogens with zero attached hydrogens (tertiary/aromatic N) is 4. The minimum atomic E-state index is -0.966. The van der Waals surface area contributed by atoms with Crippen LogP contribution in [0.15, 0.2) is 72.0 Å². The molecule has 5 rings (SSSR count). The zero-order valence-corrected chi connectivity index (χ0v) is 25.1. The molecule has 0 spiro atoms. The largest absolute Gasteiger partial charge is 0.507 e. The number of anilines is 1. The summed E-state index contributed by atoms with van der Waals surface area (Å²) in [6, 6.07) is 4.83. The Balaban J connectivity index is 1.71. The van der Waals surface area contributed by atoms with Gasteiger partial charge in [0.2, 0.25) is 11.7 Å². The van der Waals surface area contributed by atoms with Gasteiger partial charge in [0.1, 0.15) is 24.0 Å². The van der Waals surface area contributed by atoms with Crippen molar-refractivity contribution in [1.82, 2.24) is 14.8 Å². The number of phenols is 1. The van der Waals surface area contributed by atoms with Crippen molar-refractivity contribution in [2.24, 2.45) is 0 Å². The quantitative estimate of drug-likeness (QED) is 0.385. The lowest BCUT2D eigenvalue weighted by atomic mass is 9.94. The summed E-state index contributed by atoms with van der Waals surface area (Å²) in [5.74, 6) is -0.766. The molecule has 3 aliphatic rings. The molecule has 1 aromatic carbocycles. The molecule has 8 nitrogen and oxygen atoms in total. The van der Waals surface area contributed by atoms with Gasteiger partial charge in [-0.15, -0.1) is 6.42 Å². The number of halogens is 2. The molecule has 2 atom stereocenters. The number of carbonyl (C=O) groups is 2. The Morgan fingerprint density at radius 1 is 1.30 bits per heavy atom. The van der Waals surface area contributed by atoms with Gasteiger partial charge in [-0.25, -0.2) is 8.78 Å². The zero-order chi connectivity index (χ0) is 31.9. The SMILES string of the molecule is C#C/C(=C(F)\C=C1/CN(c2c(C)ccnc2C(C)C)C(=O)C2=C1N1C[C@@H](C)N(C(=O)C=C)C[C@@H]1CO2)c1c(O)cccc1F. The van der Waals surface area contributed by atoms with E-state index in [2.05, 4.69) is 17.5 Å². The van der Waals surface area contributed by atoms with Crippen molar-refractivity contribution in [3.8, 4) is 18.1 Å². The van der Waals surface area contributed by atoms with Crippen LogP contribution in [-0.2, 0) is 14.3 Å². The van der Waals surface area contributed by atoms with Crippen molar-refractivity contribution >= 4 is 23.1 Å². The van der Waals surface area contributed by atoms with Gasteiger partial charge in [0.15, 0.2) is 0 Å². The number of phenolic OH excluding ortho intramolecular Hbond substituents is 1. The third kappa shape index (κ3) is 5.23. The normalized spacial score (nSPS) is 21.5. The predicted octanol–water partition coefficient (Wildman–Crippen LogP) is 4.97. The van der Waals surface area contributed by atoms with Crippen LogP contribution in [0.4, 0.5) is 14.5 Å². The van der Waals surface area contributed by atoms with Crippen LogP contribution >= 0.6 is 0 Å². The molecule has 0 bridgehead atoms. The number of aromatic hydroxyl groups is 1.